The molecule has 0 aromatic carbocycles. The zero-order chi connectivity index (χ0) is 14.8. The van der Waals surface area contributed by atoms with E-state index in [9.17, 15) is 4.79 Å². The number of pyridine rings is 1. The lowest BCUT2D eigenvalue weighted by Gasteiger charge is -2.33. The highest BCUT2D eigenvalue weighted by Gasteiger charge is 2.24. The van der Waals surface area contributed by atoms with Crippen molar-refractivity contribution in [3.8, 4) is 0 Å². The molecule has 1 aliphatic carbocycles. The van der Waals surface area contributed by atoms with Crippen molar-refractivity contribution in [3.05, 3.63) is 46.5 Å². The second-order valence-corrected chi connectivity index (χ2v) is 6.40. The molecule has 2 heterocycles. The first-order valence-electron chi connectivity index (χ1n) is 7.84. The van der Waals surface area contributed by atoms with Gasteiger partial charge >= 0.3 is 0 Å². The van der Waals surface area contributed by atoms with Gasteiger partial charge in [0.1, 0.15) is 5.65 Å². The van der Waals surface area contributed by atoms with Crippen molar-refractivity contribution in [2.24, 2.45) is 11.8 Å². The summed E-state index contributed by atoms with van der Waals surface area (Å²) in [6.07, 6.45) is 5.54. The molecule has 1 N–H and O–H groups in total. The summed E-state index contributed by atoms with van der Waals surface area (Å²) < 4.78 is 1.58. The third-order valence-corrected chi connectivity index (χ3v) is 4.60. The minimum Gasteiger partial charge on any atom is -0.308 e. The predicted octanol–water partition coefficient (Wildman–Crippen LogP) is 2.61. The molecule has 1 aliphatic rings. The van der Waals surface area contributed by atoms with Crippen molar-refractivity contribution in [2.45, 2.75) is 45.7 Å². The summed E-state index contributed by atoms with van der Waals surface area (Å²) in [6.45, 7) is 5.32. The molecule has 2 aromatic rings. The van der Waals surface area contributed by atoms with Gasteiger partial charge in [0.25, 0.3) is 5.56 Å². The van der Waals surface area contributed by atoms with Crippen LogP contribution in [0.5, 0.6) is 0 Å². The lowest BCUT2D eigenvalue weighted by Crippen LogP contribution is -2.39. The molecule has 1 fully saturated rings. The van der Waals surface area contributed by atoms with Crippen LogP contribution in [-0.2, 0) is 6.54 Å². The molecule has 112 valence electrons. The Morgan fingerprint density at radius 3 is 3.00 bits per heavy atom. The Bertz CT molecular complexity index is 679. The number of nitrogens with one attached hydrogen (secondary N) is 1. The van der Waals surface area contributed by atoms with E-state index in [2.05, 4.69) is 24.1 Å². The molecule has 3 atom stereocenters. The van der Waals surface area contributed by atoms with Gasteiger partial charge in [-0.3, -0.25) is 9.20 Å². The van der Waals surface area contributed by atoms with Crippen LogP contribution in [0.4, 0.5) is 0 Å². The van der Waals surface area contributed by atoms with Gasteiger partial charge in [-0.05, 0) is 43.2 Å². The summed E-state index contributed by atoms with van der Waals surface area (Å²) in [5.41, 5.74) is 1.53. The Morgan fingerprint density at radius 2 is 2.19 bits per heavy atom. The maximum Gasteiger partial charge on any atom is 0.258 e. The van der Waals surface area contributed by atoms with E-state index in [0.29, 0.717) is 24.2 Å². The lowest BCUT2D eigenvalue weighted by molar-refractivity contribution is 0.226. The molecule has 1 saturated carbocycles. The molecular weight excluding hydrogens is 262 g/mol. The van der Waals surface area contributed by atoms with E-state index >= 15 is 0 Å². The smallest absolute Gasteiger partial charge is 0.258 e. The van der Waals surface area contributed by atoms with Crippen LogP contribution in [0, 0.1) is 11.8 Å². The molecule has 0 bridgehead atoms. The number of aromatic nitrogens is 2. The van der Waals surface area contributed by atoms with Gasteiger partial charge in [-0.1, -0.05) is 19.9 Å². The normalized spacial score (nSPS) is 26.1. The Balaban J connectivity index is 1.72. The van der Waals surface area contributed by atoms with E-state index in [1.807, 2.05) is 18.2 Å². The average Bonchev–Trinajstić information content (AvgIpc) is 2.46. The minimum atomic E-state index is -0.0114. The van der Waals surface area contributed by atoms with E-state index in [-0.39, 0.29) is 5.56 Å². The van der Waals surface area contributed by atoms with Crippen molar-refractivity contribution < 1.29 is 0 Å². The van der Waals surface area contributed by atoms with Gasteiger partial charge in [0.05, 0.1) is 5.69 Å². The predicted molar refractivity (Wildman–Crippen MR) is 84.3 cm³/mol. The van der Waals surface area contributed by atoms with Crippen LogP contribution in [0.15, 0.2) is 35.3 Å². The van der Waals surface area contributed by atoms with Crippen LogP contribution in [-0.4, -0.2) is 15.4 Å². The van der Waals surface area contributed by atoms with Crippen LogP contribution >= 0.6 is 0 Å². The van der Waals surface area contributed by atoms with Crippen LogP contribution in [0.2, 0.25) is 0 Å². The topological polar surface area (TPSA) is 46.4 Å². The quantitative estimate of drug-likeness (QED) is 0.943. The monoisotopic (exact) mass is 285 g/mol. The summed E-state index contributed by atoms with van der Waals surface area (Å²) in [7, 11) is 0. The van der Waals surface area contributed by atoms with Crippen molar-refractivity contribution in [2.75, 3.05) is 0 Å². The van der Waals surface area contributed by atoms with Crippen molar-refractivity contribution in [1.29, 1.82) is 0 Å². The van der Waals surface area contributed by atoms with Crippen LogP contribution in [0.1, 0.15) is 38.8 Å². The SMILES string of the molecule is CC1CCC(NCc2cc(=O)n3ccccc3n2)C(C)C1. The van der Waals surface area contributed by atoms with Gasteiger partial charge in [-0.25, -0.2) is 4.98 Å². The van der Waals surface area contributed by atoms with Gasteiger partial charge in [-0.15, -0.1) is 0 Å². The van der Waals surface area contributed by atoms with Gasteiger partial charge in [0, 0.05) is 24.8 Å². The number of hydrogen-bond donors (Lipinski definition) is 1. The molecule has 0 spiro atoms. The third-order valence-electron chi connectivity index (χ3n) is 4.60. The van der Waals surface area contributed by atoms with Crippen molar-refractivity contribution >= 4 is 5.65 Å². The highest BCUT2D eigenvalue weighted by atomic mass is 16.1. The molecule has 4 heteroatoms. The highest BCUT2D eigenvalue weighted by Crippen LogP contribution is 2.28. The Kier molecular flexibility index (Phi) is 4.06. The summed E-state index contributed by atoms with van der Waals surface area (Å²) in [5, 5.41) is 3.59. The number of rotatable bonds is 3. The number of hydrogen-bond acceptors (Lipinski definition) is 3. The highest BCUT2D eigenvalue weighted by molar-refractivity contribution is 5.37. The molecule has 0 amide bonds. The molecule has 3 unspecified atom stereocenters. The van der Waals surface area contributed by atoms with Crippen molar-refractivity contribution in [1.82, 2.24) is 14.7 Å². The first kappa shape index (κ1) is 14.3. The van der Waals surface area contributed by atoms with E-state index in [1.165, 1.54) is 19.3 Å². The molecular formula is C17H23N3O. The van der Waals surface area contributed by atoms with Gasteiger partial charge < -0.3 is 5.32 Å². The maximum absolute atomic E-state index is 12.1. The van der Waals surface area contributed by atoms with Gasteiger partial charge in [0.15, 0.2) is 0 Å². The molecule has 2 aromatic heterocycles. The minimum absolute atomic E-state index is 0.0114. The fraction of sp³-hybridized carbons (Fsp3) is 0.529. The Morgan fingerprint density at radius 1 is 1.33 bits per heavy atom. The van der Waals surface area contributed by atoms with E-state index in [0.717, 1.165) is 11.6 Å². The van der Waals surface area contributed by atoms with Gasteiger partial charge in [-0.2, -0.15) is 0 Å². The largest absolute Gasteiger partial charge is 0.308 e. The van der Waals surface area contributed by atoms with Crippen LogP contribution in [0.3, 0.4) is 0 Å². The zero-order valence-electron chi connectivity index (χ0n) is 12.7. The zero-order valence-corrected chi connectivity index (χ0v) is 12.7. The second kappa shape index (κ2) is 5.98. The molecule has 0 saturated heterocycles. The van der Waals surface area contributed by atoms with E-state index in [4.69, 9.17) is 0 Å². The summed E-state index contributed by atoms with van der Waals surface area (Å²) in [6, 6.07) is 7.80. The van der Waals surface area contributed by atoms with Gasteiger partial charge in [0.2, 0.25) is 0 Å². The number of fused-ring (bicyclic) bond motifs is 1. The summed E-state index contributed by atoms with van der Waals surface area (Å²) in [5.74, 6) is 1.52. The van der Waals surface area contributed by atoms with Crippen LogP contribution < -0.4 is 10.9 Å². The lowest BCUT2D eigenvalue weighted by atomic mass is 9.80. The first-order chi connectivity index (χ1) is 10.1. The average molecular weight is 285 g/mol. The fourth-order valence-electron chi connectivity index (χ4n) is 3.40. The van der Waals surface area contributed by atoms with Crippen LogP contribution in [0.25, 0.3) is 5.65 Å². The maximum atomic E-state index is 12.1. The number of nitrogens with zero attached hydrogens (tertiary/aromatic N) is 2. The fourth-order valence-corrected chi connectivity index (χ4v) is 3.40. The molecule has 3 rings (SSSR count). The molecule has 4 nitrogen and oxygen atoms in total. The van der Waals surface area contributed by atoms with E-state index < -0.39 is 0 Å². The molecule has 21 heavy (non-hydrogen) atoms. The summed E-state index contributed by atoms with van der Waals surface area (Å²) >= 11 is 0. The van der Waals surface area contributed by atoms with E-state index in [1.54, 1.807) is 16.7 Å². The molecule has 0 aliphatic heterocycles. The first-order valence-corrected chi connectivity index (χ1v) is 7.84. The van der Waals surface area contributed by atoms with Crippen molar-refractivity contribution in [3.63, 3.8) is 0 Å². The Hall–Kier alpha value is -1.68. The standard InChI is InChI=1S/C17H23N3O/c1-12-6-7-15(13(2)9-12)18-11-14-10-17(21)20-8-4-3-5-16(20)19-14/h3-5,8,10,12-13,15,18H,6-7,9,11H2,1-2H3. The molecule has 0 radical (unpaired) electrons. The Labute approximate surface area is 125 Å². The second-order valence-electron chi connectivity index (χ2n) is 6.40. The summed E-state index contributed by atoms with van der Waals surface area (Å²) in [4.78, 5) is 16.6. The third kappa shape index (κ3) is 3.16.